The van der Waals surface area contributed by atoms with Crippen molar-refractivity contribution in [1.82, 2.24) is 0 Å². The van der Waals surface area contributed by atoms with E-state index in [1.54, 1.807) is 6.92 Å². The summed E-state index contributed by atoms with van der Waals surface area (Å²) in [6.07, 6.45) is -2.95. The maximum Gasteiger partial charge on any atom is 0.355 e. The van der Waals surface area contributed by atoms with Crippen LogP contribution in [-0.2, 0) is 4.74 Å². The van der Waals surface area contributed by atoms with Gasteiger partial charge < -0.3 is 4.74 Å². The van der Waals surface area contributed by atoms with Crippen LogP contribution in [-0.4, -0.2) is 33.5 Å². The summed E-state index contributed by atoms with van der Waals surface area (Å²) in [5.41, 5.74) is 0. The molecule has 0 aliphatic carbocycles. The molecule has 0 saturated heterocycles. The molecule has 0 radical (unpaired) electrons. The molecular formula is C9H18F6O. The third-order valence-electron chi connectivity index (χ3n) is 1.13. The largest absolute Gasteiger partial charge is 0.355 e. The summed E-state index contributed by atoms with van der Waals surface area (Å²) in [6, 6.07) is 0. The summed E-state index contributed by atoms with van der Waals surface area (Å²) in [5.74, 6) is 0. The van der Waals surface area contributed by atoms with Gasteiger partial charge in [0.05, 0.1) is 20.5 Å². The van der Waals surface area contributed by atoms with Crippen molar-refractivity contribution >= 4 is 0 Å². The molecule has 0 aliphatic rings. The van der Waals surface area contributed by atoms with Crippen molar-refractivity contribution in [3.63, 3.8) is 0 Å². The van der Waals surface area contributed by atoms with Crippen LogP contribution < -0.4 is 0 Å². The van der Waals surface area contributed by atoms with Crippen LogP contribution in [0.5, 0.6) is 0 Å². The topological polar surface area (TPSA) is 9.23 Å². The van der Waals surface area contributed by atoms with Crippen LogP contribution in [0.2, 0.25) is 0 Å². The summed E-state index contributed by atoms with van der Waals surface area (Å²) >= 11 is 0. The first-order chi connectivity index (χ1) is 7.54. The normalized spacial score (nSPS) is 9.75. The minimum atomic E-state index is -3.07. The van der Waals surface area contributed by atoms with Crippen molar-refractivity contribution in [2.75, 3.05) is 27.4 Å². The molecule has 0 rings (SSSR count). The van der Waals surface area contributed by atoms with Crippen molar-refractivity contribution in [3.05, 3.63) is 0 Å². The summed E-state index contributed by atoms with van der Waals surface area (Å²) in [7, 11) is 0.500. The van der Waals surface area contributed by atoms with E-state index in [2.05, 4.69) is 4.74 Å². The Morgan fingerprint density at radius 1 is 1.06 bits per heavy atom. The van der Waals surface area contributed by atoms with Gasteiger partial charge in [-0.15, -0.1) is 0 Å². The van der Waals surface area contributed by atoms with Crippen molar-refractivity contribution in [2.24, 2.45) is 0 Å². The summed E-state index contributed by atoms with van der Waals surface area (Å²) in [4.78, 5) is 0. The van der Waals surface area contributed by atoms with Gasteiger partial charge in [0.2, 0.25) is 6.93 Å². The number of hydrogen-bond acceptors (Lipinski definition) is 1. The molecule has 0 heterocycles. The third kappa shape index (κ3) is 23.4. The van der Waals surface area contributed by atoms with E-state index in [4.69, 9.17) is 0 Å². The monoisotopic (exact) mass is 256 g/mol. The molecule has 0 fully saturated rings. The Morgan fingerprint density at radius 2 is 1.50 bits per heavy atom. The molecule has 102 valence electrons. The molecule has 1 nitrogen and oxygen atoms in total. The van der Waals surface area contributed by atoms with E-state index in [-0.39, 0.29) is 19.4 Å². The molecule has 0 aliphatic heterocycles. The molecule has 0 unspecified atom stereocenters. The van der Waals surface area contributed by atoms with Crippen LogP contribution in [0.15, 0.2) is 0 Å². The number of ether oxygens (including phenoxy) is 1. The van der Waals surface area contributed by atoms with Gasteiger partial charge in [0.25, 0.3) is 0 Å². The minimum absolute atomic E-state index is 0.0410. The van der Waals surface area contributed by atoms with E-state index in [0.717, 1.165) is 0 Å². The van der Waals surface area contributed by atoms with Crippen LogP contribution in [0.1, 0.15) is 26.2 Å². The van der Waals surface area contributed by atoms with Crippen LogP contribution in [0.25, 0.3) is 0 Å². The average Bonchev–Trinajstić information content (AvgIpc) is 2.22. The average molecular weight is 256 g/mol. The van der Waals surface area contributed by atoms with E-state index in [1.807, 2.05) is 0 Å². The summed E-state index contributed by atoms with van der Waals surface area (Å²) in [5, 5.41) is 0. The number of hydrogen-bond donors (Lipinski definition) is 0. The number of alkyl halides is 6. The Bertz CT molecular complexity index is 112. The molecule has 0 spiro atoms. The van der Waals surface area contributed by atoms with E-state index in [9.17, 15) is 26.3 Å². The van der Waals surface area contributed by atoms with Crippen molar-refractivity contribution in [3.8, 4) is 0 Å². The SMILES string of the molecule is CCCC(F)(F)OCCCF.CF.FCF. The van der Waals surface area contributed by atoms with Crippen LogP contribution in [0.4, 0.5) is 26.3 Å². The fourth-order valence-electron chi connectivity index (χ4n) is 0.639. The predicted octanol–water partition coefficient (Wildman–Crippen LogP) is 4.22. The Morgan fingerprint density at radius 3 is 1.81 bits per heavy atom. The van der Waals surface area contributed by atoms with Gasteiger partial charge in [-0.05, 0) is 12.8 Å². The second-order valence-corrected chi connectivity index (χ2v) is 2.38. The zero-order valence-electron chi connectivity index (χ0n) is 9.42. The van der Waals surface area contributed by atoms with E-state index >= 15 is 0 Å². The Hall–Kier alpha value is -0.460. The van der Waals surface area contributed by atoms with Gasteiger partial charge in [0, 0.05) is 6.42 Å². The highest BCUT2D eigenvalue weighted by Crippen LogP contribution is 2.21. The van der Waals surface area contributed by atoms with Gasteiger partial charge in [0.1, 0.15) is 0 Å². The first-order valence-electron chi connectivity index (χ1n) is 4.61. The highest BCUT2D eigenvalue weighted by atomic mass is 19.3. The predicted molar refractivity (Wildman–Crippen MR) is 50.5 cm³/mol. The third-order valence-corrected chi connectivity index (χ3v) is 1.13. The second kappa shape index (κ2) is 17.0. The molecule has 0 bridgehead atoms. The van der Waals surface area contributed by atoms with Gasteiger partial charge in [-0.3, -0.25) is 8.78 Å². The molecular weight excluding hydrogens is 238 g/mol. The molecule has 0 aromatic carbocycles. The summed E-state index contributed by atoms with van der Waals surface area (Å²) < 4.78 is 69.1. The lowest BCUT2D eigenvalue weighted by atomic mass is 10.3. The molecule has 0 N–H and O–H groups in total. The lowest BCUT2D eigenvalue weighted by molar-refractivity contribution is -0.242. The number of rotatable bonds is 6. The van der Waals surface area contributed by atoms with E-state index < -0.39 is 19.7 Å². The minimum Gasteiger partial charge on any atom is -0.320 e. The zero-order valence-corrected chi connectivity index (χ0v) is 9.42. The van der Waals surface area contributed by atoms with Crippen molar-refractivity contribution in [1.29, 1.82) is 0 Å². The Kier molecular flexibility index (Phi) is 22.1. The maximum absolute atomic E-state index is 12.4. The van der Waals surface area contributed by atoms with Crippen molar-refractivity contribution < 1.29 is 31.1 Å². The van der Waals surface area contributed by atoms with Crippen molar-refractivity contribution in [2.45, 2.75) is 32.3 Å². The Labute approximate surface area is 91.8 Å². The first kappa shape index (κ1) is 20.9. The highest BCUT2D eigenvalue weighted by Gasteiger charge is 2.27. The lowest BCUT2D eigenvalue weighted by Gasteiger charge is -2.14. The van der Waals surface area contributed by atoms with Gasteiger partial charge in [-0.2, -0.15) is 8.78 Å². The van der Waals surface area contributed by atoms with Gasteiger partial charge in [0.15, 0.2) is 0 Å². The van der Waals surface area contributed by atoms with Gasteiger partial charge in [-0.1, -0.05) is 6.92 Å². The lowest BCUT2D eigenvalue weighted by Crippen LogP contribution is -2.21. The second-order valence-electron chi connectivity index (χ2n) is 2.38. The van der Waals surface area contributed by atoms with Gasteiger partial charge >= 0.3 is 6.11 Å². The van der Waals surface area contributed by atoms with Gasteiger partial charge in [-0.25, -0.2) is 8.78 Å². The van der Waals surface area contributed by atoms with E-state index in [0.29, 0.717) is 13.6 Å². The molecule has 0 saturated carbocycles. The Balaban J connectivity index is -0.000000289. The maximum atomic E-state index is 12.4. The zero-order chi connectivity index (χ0) is 13.4. The molecule has 0 aromatic rings. The molecule has 7 heteroatoms. The fraction of sp³-hybridized carbons (Fsp3) is 1.00. The number of halogens is 6. The smallest absolute Gasteiger partial charge is 0.320 e. The standard InChI is InChI=1S/C7H13F3O.CH2F2.CH3F/c1-2-4-7(9,10)11-6-3-5-8;2-1-3;1-2/h2-6H2,1H3;1H2;1H3. The van der Waals surface area contributed by atoms with Crippen LogP contribution in [0, 0.1) is 0 Å². The first-order valence-corrected chi connectivity index (χ1v) is 4.61. The molecule has 0 amide bonds. The van der Waals surface area contributed by atoms with Crippen LogP contribution >= 0.6 is 0 Å². The summed E-state index contributed by atoms with van der Waals surface area (Å²) in [6.45, 7) is -0.919. The quantitative estimate of drug-likeness (QED) is 0.510. The van der Waals surface area contributed by atoms with E-state index in [1.165, 1.54) is 0 Å². The fourth-order valence-corrected chi connectivity index (χ4v) is 0.639. The highest BCUT2D eigenvalue weighted by molar-refractivity contribution is 4.50. The molecule has 0 aromatic heterocycles. The molecule has 16 heavy (non-hydrogen) atoms. The molecule has 0 atom stereocenters. The van der Waals surface area contributed by atoms with Crippen LogP contribution in [0.3, 0.4) is 0 Å².